The van der Waals surface area contributed by atoms with Crippen molar-refractivity contribution in [2.45, 2.75) is 81.6 Å². The number of rotatable bonds is 2. The average Bonchev–Trinajstić information content (AvgIpc) is 3.40. The number of benzene rings is 1. The second-order valence-electron chi connectivity index (χ2n) is 11.6. The Morgan fingerprint density at radius 1 is 1.20 bits per heavy atom. The molecule has 160 valence electrons. The molecule has 6 atom stereocenters. The maximum atomic E-state index is 13.2. The minimum atomic E-state index is -1.07. The van der Waals surface area contributed by atoms with Gasteiger partial charge in [0.1, 0.15) is 17.7 Å². The van der Waals surface area contributed by atoms with Gasteiger partial charge < -0.3 is 20.1 Å². The van der Waals surface area contributed by atoms with Crippen molar-refractivity contribution in [1.82, 2.24) is 4.98 Å². The van der Waals surface area contributed by atoms with E-state index in [1.807, 2.05) is 5.32 Å². The van der Waals surface area contributed by atoms with Crippen LogP contribution < -0.4 is 5.32 Å². The van der Waals surface area contributed by atoms with E-state index in [-0.39, 0.29) is 34.4 Å². The first-order valence-electron chi connectivity index (χ1n) is 11.3. The van der Waals surface area contributed by atoms with Crippen LogP contribution in [-0.4, -0.2) is 27.8 Å². The van der Waals surface area contributed by atoms with Gasteiger partial charge in [-0.2, -0.15) is 7.05 Å². The predicted octanol–water partition coefficient (Wildman–Crippen LogP) is 3.40. The number of nitrogens with one attached hydrogen (secondary N) is 1. The summed E-state index contributed by atoms with van der Waals surface area (Å²) in [5, 5.41) is 16.4. The van der Waals surface area contributed by atoms with Gasteiger partial charge in [-0.05, 0) is 36.8 Å². The van der Waals surface area contributed by atoms with E-state index in [9.17, 15) is 5.11 Å². The lowest BCUT2D eigenvalue weighted by Gasteiger charge is -2.64. The van der Waals surface area contributed by atoms with Crippen molar-refractivity contribution in [2.75, 3.05) is 0 Å². The standard InChI is InChI=1S/C26H34N2O2/c1-8-24(6)13-12-16-22(2,3)14-10-9-11-15-17(14)18-19(28-15)23(4,5)20-21(30-20)26(24,27-7)25(16,18)29/h8-11,16,20-21,28-29H,1,7,12-13,27H2,2-6H3. The molecule has 0 bridgehead atoms. The van der Waals surface area contributed by atoms with Gasteiger partial charge in [0.25, 0.3) is 0 Å². The number of aromatic nitrogens is 1. The number of nitrogens with two attached hydrogens (primary N) is 1. The van der Waals surface area contributed by atoms with Crippen LogP contribution in [-0.2, 0) is 21.2 Å². The van der Waals surface area contributed by atoms with E-state index in [1.165, 1.54) is 10.9 Å². The second kappa shape index (κ2) is 5.06. The molecule has 4 nitrogen and oxygen atoms in total. The summed E-state index contributed by atoms with van der Waals surface area (Å²) in [6, 6.07) is 6.57. The zero-order valence-corrected chi connectivity index (χ0v) is 18.8. The minimum absolute atomic E-state index is 0.0408. The Morgan fingerprint density at radius 3 is 2.60 bits per heavy atom. The van der Waals surface area contributed by atoms with E-state index in [0.29, 0.717) is 0 Å². The van der Waals surface area contributed by atoms with E-state index < -0.39 is 11.1 Å². The normalized spacial score (nSPS) is 44.3. The summed E-state index contributed by atoms with van der Waals surface area (Å²) < 4.78 is 6.49. The molecule has 1 aromatic heterocycles. The predicted molar refractivity (Wildman–Crippen MR) is 118 cm³/mol. The molecule has 2 heterocycles. The first kappa shape index (κ1) is 19.1. The van der Waals surface area contributed by atoms with E-state index >= 15 is 0 Å². The van der Waals surface area contributed by atoms with E-state index in [4.69, 9.17) is 4.74 Å². The van der Waals surface area contributed by atoms with Crippen LogP contribution in [0.25, 0.3) is 10.9 Å². The lowest BCUT2D eigenvalue weighted by molar-refractivity contribution is -0.721. The molecular weight excluding hydrogens is 372 g/mol. The third-order valence-corrected chi connectivity index (χ3v) is 9.87. The third-order valence-electron chi connectivity index (χ3n) is 9.87. The zero-order valence-electron chi connectivity index (χ0n) is 18.8. The van der Waals surface area contributed by atoms with E-state index in [1.54, 1.807) is 0 Å². The SMILES string of the molecule is C=CC1(C)CCC2C(C)(C)c3cccc4[nH]c5c(c34)C2(O)C1([NH2+][CH2-])C1OC1C5(C)C. The van der Waals surface area contributed by atoms with Crippen molar-refractivity contribution in [2.24, 2.45) is 11.3 Å². The van der Waals surface area contributed by atoms with Crippen LogP contribution in [0.1, 0.15) is 64.3 Å². The molecule has 6 rings (SSSR count). The monoisotopic (exact) mass is 406 g/mol. The van der Waals surface area contributed by atoms with Gasteiger partial charge in [0.05, 0.1) is 0 Å². The number of aromatic amines is 1. The molecule has 1 aliphatic heterocycles. The Hall–Kier alpha value is -1.62. The fourth-order valence-corrected chi connectivity index (χ4v) is 8.15. The van der Waals surface area contributed by atoms with Gasteiger partial charge >= 0.3 is 0 Å². The highest BCUT2D eigenvalue weighted by molar-refractivity contribution is 5.92. The van der Waals surface area contributed by atoms with Crippen LogP contribution in [0.15, 0.2) is 30.9 Å². The smallest absolute Gasteiger partial charge is 0.151 e. The fraction of sp³-hybridized carbons (Fsp3) is 0.577. The van der Waals surface area contributed by atoms with Crippen LogP contribution in [0, 0.1) is 18.4 Å². The molecule has 4 aliphatic rings. The van der Waals surface area contributed by atoms with Crippen LogP contribution in [0.4, 0.5) is 0 Å². The third kappa shape index (κ3) is 1.62. The Labute approximate surface area is 179 Å². The topological polar surface area (TPSA) is 65.2 Å². The summed E-state index contributed by atoms with van der Waals surface area (Å²) in [5.41, 5.74) is 2.30. The summed E-state index contributed by atoms with van der Waals surface area (Å²) in [4.78, 5) is 3.75. The summed E-state index contributed by atoms with van der Waals surface area (Å²) in [5.74, 6) is 0.0717. The number of fused-ring (bicyclic) bond motifs is 2. The number of aliphatic hydroxyl groups is 1. The second-order valence-corrected chi connectivity index (χ2v) is 11.6. The molecule has 0 spiro atoms. The van der Waals surface area contributed by atoms with Crippen LogP contribution in [0.3, 0.4) is 0 Å². The van der Waals surface area contributed by atoms with Crippen molar-refractivity contribution in [1.29, 1.82) is 0 Å². The Morgan fingerprint density at radius 2 is 1.93 bits per heavy atom. The first-order valence-corrected chi connectivity index (χ1v) is 11.3. The van der Waals surface area contributed by atoms with Crippen LogP contribution in [0.2, 0.25) is 0 Å². The Balaban J connectivity index is 1.86. The molecule has 0 amide bonds. The van der Waals surface area contributed by atoms with Gasteiger partial charge in [-0.25, -0.2) is 0 Å². The number of epoxide rings is 1. The summed E-state index contributed by atoms with van der Waals surface area (Å²) in [7, 11) is 4.36. The zero-order chi connectivity index (χ0) is 21.5. The first-order chi connectivity index (χ1) is 14.0. The molecule has 1 saturated carbocycles. The summed E-state index contributed by atoms with van der Waals surface area (Å²) >= 11 is 0. The van der Waals surface area contributed by atoms with Gasteiger partial charge in [0.15, 0.2) is 5.60 Å². The molecular formula is C26H34N2O2. The highest BCUT2D eigenvalue weighted by Gasteiger charge is 2.82. The van der Waals surface area contributed by atoms with Crippen molar-refractivity contribution < 1.29 is 15.2 Å². The van der Waals surface area contributed by atoms with Gasteiger partial charge in [0, 0.05) is 38.9 Å². The lowest BCUT2D eigenvalue weighted by atomic mass is 9.43. The van der Waals surface area contributed by atoms with Crippen molar-refractivity contribution in [3.8, 4) is 0 Å². The van der Waals surface area contributed by atoms with Gasteiger partial charge in [-0.3, -0.25) is 0 Å². The molecule has 1 aromatic carbocycles. The minimum Gasteiger partial charge on any atom is -0.468 e. The Kier molecular flexibility index (Phi) is 3.22. The number of hydrogen-bond donors (Lipinski definition) is 3. The number of quaternary nitrogens is 1. The molecule has 6 unspecified atom stereocenters. The lowest BCUT2D eigenvalue weighted by Crippen LogP contribution is -3.04. The van der Waals surface area contributed by atoms with Crippen molar-refractivity contribution in [3.63, 3.8) is 0 Å². The molecule has 4 N–H and O–H groups in total. The van der Waals surface area contributed by atoms with Crippen LogP contribution in [0.5, 0.6) is 0 Å². The highest BCUT2D eigenvalue weighted by atomic mass is 16.6. The van der Waals surface area contributed by atoms with Crippen molar-refractivity contribution in [3.05, 3.63) is 54.7 Å². The van der Waals surface area contributed by atoms with Gasteiger partial charge in [0.2, 0.25) is 0 Å². The summed E-state index contributed by atoms with van der Waals surface area (Å²) in [6.07, 6.45) is 3.95. The summed E-state index contributed by atoms with van der Waals surface area (Å²) in [6.45, 7) is 15.6. The molecule has 0 radical (unpaired) electrons. The number of hydrogen-bond acceptors (Lipinski definition) is 2. The van der Waals surface area contributed by atoms with Crippen LogP contribution >= 0.6 is 0 Å². The molecule has 2 fully saturated rings. The quantitative estimate of drug-likeness (QED) is 0.407. The van der Waals surface area contributed by atoms with E-state index in [2.05, 4.69) is 77.5 Å². The highest BCUT2D eigenvalue weighted by Crippen LogP contribution is 2.70. The molecule has 2 aromatic rings. The van der Waals surface area contributed by atoms with Gasteiger partial charge in [-0.1, -0.05) is 45.9 Å². The number of H-pyrrole nitrogens is 1. The molecule has 30 heavy (non-hydrogen) atoms. The van der Waals surface area contributed by atoms with Crippen molar-refractivity contribution >= 4 is 10.9 Å². The Bertz CT molecular complexity index is 1110. The maximum Gasteiger partial charge on any atom is 0.151 e. The van der Waals surface area contributed by atoms with Gasteiger partial charge in [-0.15, -0.1) is 6.58 Å². The molecule has 3 aliphatic carbocycles. The number of ether oxygens (including phenoxy) is 1. The van der Waals surface area contributed by atoms with E-state index in [0.717, 1.165) is 29.6 Å². The molecule has 4 heteroatoms. The largest absolute Gasteiger partial charge is 0.468 e. The maximum absolute atomic E-state index is 13.2. The average molecular weight is 407 g/mol. The molecule has 1 saturated heterocycles. The fourth-order valence-electron chi connectivity index (χ4n) is 8.15.